The number of nitrogens with one attached hydrogen (secondary N) is 2. The monoisotopic (exact) mass is 370 g/mol. The molecule has 0 aliphatic rings. The molecule has 9 heteroatoms. The quantitative estimate of drug-likeness (QED) is 0.299. The summed E-state index contributed by atoms with van der Waals surface area (Å²) in [5.74, 6) is 0. The van der Waals surface area contributed by atoms with Gasteiger partial charge in [-0.1, -0.05) is 24.3 Å². The van der Waals surface area contributed by atoms with E-state index in [0.717, 1.165) is 17.3 Å². The molecule has 4 amide bonds. The number of nitrogens with zero attached hydrogens (tertiary/aromatic N) is 2. The molecule has 9 nitrogen and oxygen atoms in total. The number of rotatable bonds is 6. The Bertz CT molecular complexity index is 790. The van der Waals surface area contributed by atoms with Crippen LogP contribution in [0, 0.1) is 0 Å². The molecule has 0 aliphatic heterocycles. The molecule has 2 aromatic rings. The molecule has 0 saturated heterocycles. The van der Waals surface area contributed by atoms with Crippen molar-refractivity contribution in [3.63, 3.8) is 0 Å². The van der Waals surface area contributed by atoms with Gasteiger partial charge < -0.3 is 22.0 Å². The number of carbonyl (C=O) groups excluding carboxylic acids is 2. The summed E-state index contributed by atoms with van der Waals surface area (Å²) in [5, 5.41) is 16.4. The molecule has 0 radical (unpaired) electrons. The van der Waals surface area contributed by atoms with Gasteiger partial charge in [-0.15, -0.1) is 5.16 Å². The summed E-state index contributed by atoms with van der Waals surface area (Å²) in [6.45, 7) is 0.744. The van der Waals surface area contributed by atoms with Crippen LogP contribution in [0.2, 0.25) is 0 Å². The zero-order valence-electron chi connectivity index (χ0n) is 14.6. The average molecular weight is 370 g/mol. The first-order chi connectivity index (χ1) is 13.1. The zero-order valence-corrected chi connectivity index (χ0v) is 14.6. The normalized spacial score (nSPS) is 10.6. The summed E-state index contributed by atoms with van der Waals surface area (Å²) in [5.41, 5.74) is 14.0. The lowest BCUT2D eigenvalue weighted by molar-refractivity contribution is 0.237. The molecule has 0 spiro atoms. The molecule has 0 unspecified atom stereocenters. The largest absolute Gasteiger partial charge is 0.411 e. The van der Waals surface area contributed by atoms with Crippen LogP contribution in [-0.2, 0) is 13.1 Å². The van der Waals surface area contributed by atoms with E-state index in [9.17, 15) is 9.59 Å². The van der Waals surface area contributed by atoms with Gasteiger partial charge in [0.15, 0.2) is 0 Å². The maximum absolute atomic E-state index is 12.5. The van der Waals surface area contributed by atoms with Gasteiger partial charge in [0.05, 0.1) is 12.8 Å². The number of anilines is 2. The Morgan fingerprint density at radius 2 is 1.56 bits per heavy atom. The van der Waals surface area contributed by atoms with Crippen LogP contribution in [0.15, 0.2) is 53.7 Å². The van der Waals surface area contributed by atoms with Gasteiger partial charge in [0.25, 0.3) is 0 Å². The Morgan fingerprint density at radius 3 is 2.07 bits per heavy atom. The minimum Gasteiger partial charge on any atom is -0.411 e. The summed E-state index contributed by atoms with van der Waals surface area (Å²) < 4.78 is 0. The highest BCUT2D eigenvalue weighted by atomic mass is 16.4. The van der Waals surface area contributed by atoms with Gasteiger partial charge in [0, 0.05) is 24.5 Å². The topological polar surface area (TPSA) is 146 Å². The third-order valence-corrected chi connectivity index (χ3v) is 3.74. The second-order valence-electron chi connectivity index (χ2n) is 5.56. The van der Waals surface area contributed by atoms with Gasteiger partial charge in [0.1, 0.15) is 0 Å². The van der Waals surface area contributed by atoms with Crippen LogP contribution in [0.3, 0.4) is 0 Å². The fourth-order valence-corrected chi connectivity index (χ4v) is 2.29. The highest BCUT2D eigenvalue weighted by Gasteiger charge is 2.17. The van der Waals surface area contributed by atoms with Crippen molar-refractivity contribution in [2.45, 2.75) is 13.1 Å². The highest BCUT2D eigenvalue weighted by molar-refractivity contribution is 6.07. The lowest BCUT2D eigenvalue weighted by Gasteiger charge is -2.21. The summed E-state index contributed by atoms with van der Waals surface area (Å²) in [4.78, 5) is 25.8. The zero-order chi connectivity index (χ0) is 19.6. The number of benzene rings is 2. The lowest BCUT2D eigenvalue weighted by Crippen LogP contribution is -2.45. The number of hydrogen-bond acceptors (Lipinski definition) is 6. The predicted molar refractivity (Wildman–Crippen MR) is 104 cm³/mol. The Balaban J connectivity index is 2.05. The molecule has 0 fully saturated rings. The second kappa shape index (κ2) is 9.90. The second-order valence-corrected chi connectivity index (χ2v) is 5.56. The smallest absolute Gasteiger partial charge is 0.330 e. The molecule has 27 heavy (non-hydrogen) atoms. The number of nitrogens with two attached hydrogens (primary N) is 2. The van der Waals surface area contributed by atoms with Crippen molar-refractivity contribution < 1.29 is 14.8 Å². The van der Waals surface area contributed by atoms with Gasteiger partial charge in [0.2, 0.25) is 0 Å². The molecule has 2 aromatic carbocycles. The number of oxime groups is 1. The van der Waals surface area contributed by atoms with Gasteiger partial charge in [-0.25, -0.2) is 9.59 Å². The molecular formula is C18H22N6O3. The first kappa shape index (κ1) is 19.9. The van der Waals surface area contributed by atoms with Gasteiger partial charge in [-0.2, -0.15) is 0 Å². The number of carbonyl (C=O) groups is 2. The molecule has 0 aromatic heterocycles. The van der Waals surface area contributed by atoms with E-state index in [4.69, 9.17) is 16.7 Å². The van der Waals surface area contributed by atoms with E-state index in [1.165, 1.54) is 4.90 Å². The maximum atomic E-state index is 12.5. The van der Waals surface area contributed by atoms with E-state index in [1.54, 1.807) is 48.5 Å². The van der Waals surface area contributed by atoms with E-state index in [2.05, 4.69) is 15.8 Å². The maximum Gasteiger partial charge on any atom is 0.330 e. The van der Waals surface area contributed by atoms with E-state index < -0.39 is 12.1 Å². The summed E-state index contributed by atoms with van der Waals surface area (Å²) >= 11 is 0. The van der Waals surface area contributed by atoms with Crippen LogP contribution in [0.1, 0.15) is 11.1 Å². The van der Waals surface area contributed by atoms with Crippen LogP contribution < -0.4 is 27.0 Å². The third kappa shape index (κ3) is 5.80. The Hall–Kier alpha value is -3.43. The highest BCUT2D eigenvalue weighted by Crippen LogP contribution is 2.15. The minimum absolute atomic E-state index is 0.0250. The standard InChI is InChI=1S/C18H22N6O3/c19-11-13-1-5-15(6-2-13)22-17(25)23-18(26)24(10-9-21-27)16-7-3-14(12-20)4-8-16/h1-9,27H,10-12,19-20H2,(H2,22,23,25,26). The fourth-order valence-electron chi connectivity index (χ4n) is 2.29. The summed E-state index contributed by atoms with van der Waals surface area (Å²) in [6, 6.07) is 12.5. The average Bonchev–Trinajstić information content (AvgIpc) is 2.69. The SMILES string of the molecule is NCc1ccc(NC(=O)NC(=O)N(CC=NO)c2ccc(CN)cc2)cc1. The number of hydrogen-bond donors (Lipinski definition) is 5. The van der Waals surface area contributed by atoms with Crippen molar-refractivity contribution in [3.05, 3.63) is 59.7 Å². The van der Waals surface area contributed by atoms with Crippen LogP contribution in [0.4, 0.5) is 21.0 Å². The molecule has 2 rings (SSSR count). The third-order valence-electron chi connectivity index (χ3n) is 3.74. The molecule has 142 valence electrons. The fraction of sp³-hybridized carbons (Fsp3) is 0.167. The number of imide groups is 1. The Labute approximate surface area is 156 Å². The van der Waals surface area contributed by atoms with Gasteiger partial charge >= 0.3 is 12.1 Å². The van der Waals surface area contributed by atoms with E-state index in [0.29, 0.717) is 24.5 Å². The van der Waals surface area contributed by atoms with E-state index >= 15 is 0 Å². The first-order valence-electron chi connectivity index (χ1n) is 8.20. The van der Waals surface area contributed by atoms with Crippen molar-refractivity contribution in [2.75, 3.05) is 16.8 Å². The molecular weight excluding hydrogens is 348 g/mol. The molecule has 0 bridgehead atoms. The van der Waals surface area contributed by atoms with Crippen LogP contribution >= 0.6 is 0 Å². The molecule has 0 aliphatic carbocycles. The van der Waals surface area contributed by atoms with Crippen molar-refractivity contribution >= 4 is 29.7 Å². The first-order valence-corrected chi connectivity index (χ1v) is 8.20. The lowest BCUT2D eigenvalue weighted by atomic mass is 10.2. The van der Waals surface area contributed by atoms with Crippen molar-refractivity contribution in [2.24, 2.45) is 16.6 Å². The van der Waals surface area contributed by atoms with Crippen molar-refractivity contribution in [3.8, 4) is 0 Å². The van der Waals surface area contributed by atoms with Gasteiger partial charge in [-0.05, 0) is 35.4 Å². The Morgan fingerprint density at radius 1 is 1.00 bits per heavy atom. The molecule has 0 heterocycles. The van der Waals surface area contributed by atoms with Crippen molar-refractivity contribution in [1.29, 1.82) is 0 Å². The van der Waals surface area contributed by atoms with Crippen LogP contribution in [-0.4, -0.2) is 30.0 Å². The predicted octanol–water partition coefficient (Wildman–Crippen LogP) is 1.81. The van der Waals surface area contributed by atoms with E-state index in [1.807, 2.05) is 0 Å². The van der Waals surface area contributed by atoms with Crippen LogP contribution in [0.5, 0.6) is 0 Å². The van der Waals surface area contributed by atoms with Crippen LogP contribution in [0.25, 0.3) is 0 Å². The van der Waals surface area contributed by atoms with Gasteiger partial charge in [-0.3, -0.25) is 10.2 Å². The van der Waals surface area contributed by atoms with Crippen molar-refractivity contribution in [1.82, 2.24) is 5.32 Å². The molecule has 7 N–H and O–H groups in total. The molecule has 0 saturated carbocycles. The molecule has 0 atom stereocenters. The Kier molecular flexibility index (Phi) is 7.29. The van der Waals surface area contributed by atoms with E-state index in [-0.39, 0.29) is 6.54 Å². The summed E-state index contributed by atoms with van der Waals surface area (Å²) in [6.07, 6.45) is 1.14. The number of urea groups is 2. The minimum atomic E-state index is -0.690. The number of amides is 4. The summed E-state index contributed by atoms with van der Waals surface area (Å²) in [7, 11) is 0.